The average molecular weight is 1170 g/mol. The number of esters is 4. The van der Waals surface area contributed by atoms with Gasteiger partial charge in [0.25, 0.3) is 0 Å². The van der Waals surface area contributed by atoms with Crippen LogP contribution in [0.1, 0.15) is 304 Å². The quantitative estimate of drug-likeness (QED) is 0.0222. The molecule has 0 spiro atoms. The molecule has 468 valence electrons. The average Bonchev–Trinajstić information content (AvgIpc) is 3.42. The summed E-state index contributed by atoms with van der Waals surface area (Å²) in [5.74, 6) is -2.15. The third-order valence-electron chi connectivity index (χ3n) is 13.9. The molecule has 0 bridgehead atoms. The van der Waals surface area contributed by atoms with Gasteiger partial charge in [-0.1, -0.05) is 252 Å². The van der Waals surface area contributed by atoms with Crippen LogP contribution in [0, 0.1) is 0 Å². The molecule has 5 atom stereocenters. The summed E-state index contributed by atoms with van der Waals surface area (Å²) < 4.78 is 67.5. The third-order valence-corrected chi connectivity index (χ3v) is 15.8. The fraction of sp³-hybridized carbons (Fsp3) is 0.933. The molecule has 2 unspecified atom stereocenters. The van der Waals surface area contributed by atoms with Crippen molar-refractivity contribution in [1.29, 1.82) is 0 Å². The van der Waals surface area contributed by atoms with Gasteiger partial charge in [0.2, 0.25) is 0 Å². The zero-order valence-corrected chi connectivity index (χ0v) is 52.1. The summed E-state index contributed by atoms with van der Waals surface area (Å²) in [6.07, 6.45) is 39.5. The predicted octanol–water partition coefficient (Wildman–Crippen LogP) is 16.4. The van der Waals surface area contributed by atoms with Gasteiger partial charge in [0.05, 0.1) is 26.4 Å². The lowest BCUT2D eigenvalue weighted by Crippen LogP contribution is -2.30. The Morgan fingerprint density at radius 3 is 0.747 bits per heavy atom. The van der Waals surface area contributed by atoms with E-state index in [0.29, 0.717) is 25.7 Å². The first-order valence-electron chi connectivity index (χ1n) is 31.8. The maximum Gasteiger partial charge on any atom is 0.472 e. The lowest BCUT2D eigenvalue weighted by Gasteiger charge is -2.21. The highest BCUT2D eigenvalue weighted by Crippen LogP contribution is 2.45. The van der Waals surface area contributed by atoms with Crippen LogP contribution in [0.5, 0.6) is 0 Å². The summed E-state index contributed by atoms with van der Waals surface area (Å²) in [5.41, 5.74) is 0. The monoisotopic (exact) mass is 1170 g/mol. The van der Waals surface area contributed by atoms with Crippen LogP contribution in [-0.4, -0.2) is 96.7 Å². The highest BCUT2D eigenvalue weighted by molar-refractivity contribution is 7.47. The van der Waals surface area contributed by atoms with E-state index in [4.69, 9.17) is 37.0 Å². The smallest absolute Gasteiger partial charge is 0.462 e. The summed E-state index contributed by atoms with van der Waals surface area (Å²) in [4.78, 5) is 71.6. The van der Waals surface area contributed by atoms with Crippen LogP contribution in [0.15, 0.2) is 0 Å². The van der Waals surface area contributed by atoms with E-state index in [2.05, 4.69) is 27.7 Å². The number of aliphatic hydroxyl groups excluding tert-OH is 1. The van der Waals surface area contributed by atoms with Crippen LogP contribution < -0.4 is 0 Å². The summed E-state index contributed by atoms with van der Waals surface area (Å²) in [5, 5.41) is 10.5. The Kier molecular flexibility index (Phi) is 53.9. The molecule has 0 radical (unpaired) electrons. The molecule has 0 rings (SSSR count). The molecular formula is C60H116O17P2. The molecule has 17 nitrogen and oxygen atoms in total. The Hall–Kier alpha value is -1.94. The van der Waals surface area contributed by atoms with Crippen LogP contribution in [0.2, 0.25) is 0 Å². The van der Waals surface area contributed by atoms with Crippen molar-refractivity contribution < 1.29 is 80.2 Å². The van der Waals surface area contributed by atoms with E-state index in [-0.39, 0.29) is 25.7 Å². The molecule has 0 aromatic heterocycles. The summed E-state index contributed by atoms with van der Waals surface area (Å²) in [7, 11) is -9.86. The first kappa shape index (κ1) is 77.1. The Morgan fingerprint density at radius 1 is 0.304 bits per heavy atom. The maximum absolute atomic E-state index is 12.9. The van der Waals surface area contributed by atoms with Gasteiger partial charge >= 0.3 is 39.5 Å². The molecule has 0 aliphatic heterocycles. The lowest BCUT2D eigenvalue weighted by molar-refractivity contribution is -0.161. The van der Waals surface area contributed by atoms with Crippen LogP contribution >= 0.6 is 15.6 Å². The highest BCUT2D eigenvalue weighted by atomic mass is 31.2. The van der Waals surface area contributed by atoms with Crippen molar-refractivity contribution in [3.8, 4) is 0 Å². The minimum atomic E-state index is -4.94. The molecule has 0 aromatic carbocycles. The number of hydrogen-bond acceptors (Lipinski definition) is 15. The summed E-state index contributed by atoms with van der Waals surface area (Å²) in [6, 6.07) is 0. The summed E-state index contributed by atoms with van der Waals surface area (Å²) in [6.45, 7) is 4.73. The van der Waals surface area contributed by atoms with Crippen LogP contribution in [0.3, 0.4) is 0 Å². The summed E-state index contributed by atoms with van der Waals surface area (Å²) >= 11 is 0. The van der Waals surface area contributed by atoms with E-state index >= 15 is 0 Å². The number of hydrogen-bond donors (Lipinski definition) is 3. The molecular weight excluding hydrogens is 1050 g/mol. The van der Waals surface area contributed by atoms with Gasteiger partial charge in [0.15, 0.2) is 12.2 Å². The standard InChI is InChI=1S/C60H116O17P2/c1-5-9-13-17-20-22-24-25-26-27-28-29-30-32-35-39-43-47-60(65)77-56(51-71-58(63)45-41-37-34-31-23-21-18-14-10-6-2)53-75-79(68,69)73-49-54(61)48-72-78(66,67)74-52-55(50-70-57(62)44-40-36-16-12-8-4)76-59(64)46-42-38-33-19-15-11-7-3/h54-56,61H,5-53H2,1-4H3,(H,66,67)(H,68,69)/t54-,55+,56+/m0/s1. The molecule has 0 aliphatic rings. The van der Waals surface area contributed by atoms with Gasteiger partial charge in [0.1, 0.15) is 19.3 Å². The molecule has 3 N–H and O–H groups in total. The fourth-order valence-corrected chi connectivity index (χ4v) is 10.5. The van der Waals surface area contributed by atoms with Gasteiger partial charge in [-0.2, -0.15) is 0 Å². The van der Waals surface area contributed by atoms with E-state index in [1.165, 1.54) is 116 Å². The number of aliphatic hydroxyl groups is 1. The molecule has 19 heteroatoms. The first-order chi connectivity index (χ1) is 38.2. The van der Waals surface area contributed by atoms with Crippen molar-refractivity contribution in [3.63, 3.8) is 0 Å². The van der Waals surface area contributed by atoms with Crippen LogP contribution in [0.25, 0.3) is 0 Å². The number of phosphoric ester groups is 2. The molecule has 0 heterocycles. The number of carbonyl (C=O) groups is 4. The number of ether oxygens (including phenoxy) is 4. The van der Waals surface area contributed by atoms with Crippen molar-refractivity contribution >= 4 is 39.5 Å². The molecule has 0 amide bonds. The molecule has 0 aliphatic carbocycles. The van der Waals surface area contributed by atoms with Crippen molar-refractivity contribution in [2.24, 2.45) is 0 Å². The van der Waals surface area contributed by atoms with E-state index < -0.39 is 97.5 Å². The van der Waals surface area contributed by atoms with Gasteiger partial charge in [-0.3, -0.25) is 37.3 Å². The van der Waals surface area contributed by atoms with E-state index in [9.17, 15) is 43.2 Å². The number of phosphoric acid groups is 2. The highest BCUT2D eigenvalue weighted by Gasteiger charge is 2.30. The van der Waals surface area contributed by atoms with Crippen LogP contribution in [-0.2, 0) is 65.4 Å². The van der Waals surface area contributed by atoms with Crippen molar-refractivity contribution in [2.75, 3.05) is 39.6 Å². The van der Waals surface area contributed by atoms with Gasteiger partial charge < -0.3 is 33.8 Å². The second-order valence-corrected chi connectivity index (χ2v) is 24.6. The number of unbranched alkanes of at least 4 members (excludes halogenated alkanes) is 35. The minimum Gasteiger partial charge on any atom is -0.462 e. The number of rotatable bonds is 61. The maximum atomic E-state index is 12.9. The van der Waals surface area contributed by atoms with E-state index in [1.807, 2.05) is 0 Å². The van der Waals surface area contributed by atoms with E-state index in [0.717, 1.165) is 109 Å². The predicted molar refractivity (Wildman–Crippen MR) is 312 cm³/mol. The fourth-order valence-electron chi connectivity index (χ4n) is 8.93. The lowest BCUT2D eigenvalue weighted by atomic mass is 10.0. The molecule has 79 heavy (non-hydrogen) atoms. The molecule has 0 saturated heterocycles. The van der Waals surface area contributed by atoms with Gasteiger partial charge in [-0.25, -0.2) is 9.13 Å². The van der Waals surface area contributed by atoms with Crippen molar-refractivity contribution in [3.05, 3.63) is 0 Å². The number of carbonyl (C=O) groups excluding carboxylic acids is 4. The molecule has 0 aromatic rings. The van der Waals surface area contributed by atoms with Crippen molar-refractivity contribution in [2.45, 2.75) is 322 Å². The Morgan fingerprint density at radius 2 is 0.506 bits per heavy atom. The first-order valence-corrected chi connectivity index (χ1v) is 34.8. The zero-order valence-electron chi connectivity index (χ0n) is 50.3. The van der Waals surface area contributed by atoms with Crippen LogP contribution in [0.4, 0.5) is 0 Å². The van der Waals surface area contributed by atoms with Gasteiger partial charge in [-0.15, -0.1) is 0 Å². The SMILES string of the molecule is CCCCCCCCCCCCCCCCCCCC(=O)O[C@H](COC(=O)CCCCCCCCCCCC)COP(=O)(O)OC[C@@H](O)COP(=O)(O)OC[C@@H](COC(=O)CCCCCCC)OC(=O)CCCCCCCCC. The van der Waals surface area contributed by atoms with E-state index in [1.54, 1.807) is 0 Å². The third kappa shape index (κ3) is 55.0. The molecule has 0 fully saturated rings. The van der Waals surface area contributed by atoms with Gasteiger partial charge in [-0.05, 0) is 25.7 Å². The molecule has 0 saturated carbocycles. The Labute approximate surface area is 479 Å². The largest absolute Gasteiger partial charge is 0.472 e. The topological polar surface area (TPSA) is 237 Å². The van der Waals surface area contributed by atoms with Gasteiger partial charge in [0, 0.05) is 25.7 Å². The second-order valence-electron chi connectivity index (χ2n) is 21.7. The Bertz CT molecular complexity index is 1540. The minimum absolute atomic E-state index is 0.103. The van der Waals surface area contributed by atoms with Crippen molar-refractivity contribution in [1.82, 2.24) is 0 Å². The second kappa shape index (κ2) is 55.3. The Balaban J connectivity index is 5.11. The zero-order chi connectivity index (χ0) is 58.3. The normalized spacial score (nSPS) is 14.3.